The molecule has 7 heteroatoms. The van der Waals surface area contributed by atoms with E-state index in [2.05, 4.69) is 9.97 Å². The van der Waals surface area contributed by atoms with Gasteiger partial charge < -0.3 is 9.64 Å². The Balaban J connectivity index is 1.82. The van der Waals surface area contributed by atoms with Gasteiger partial charge in [-0.1, -0.05) is 23.7 Å². The second-order valence-electron chi connectivity index (χ2n) is 4.62. The van der Waals surface area contributed by atoms with Crippen molar-refractivity contribution in [1.82, 2.24) is 14.9 Å². The zero-order valence-electron chi connectivity index (χ0n) is 11.1. The van der Waals surface area contributed by atoms with Crippen LogP contribution in [0.1, 0.15) is 21.6 Å². The predicted octanol–water partition coefficient (Wildman–Crippen LogP) is 2.95. The largest absolute Gasteiger partial charge is 0.497 e. The molecule has 1 aliphatic heterocycles. The fraction of sp³-hybridized carbons (Fsp3) is 0.214. The fourth-order valence-corrected chi connectivity index (χ4v) is 2.68. The third-order valence-corrected chi connectivity index (χ3v) is 3.78. The van der Waals surface area contributed by atoms with Crippen molar-refractivity contribution >= 4 is 29.1 Å². The van der Waals surface area contributed by atoms with Crippen molar-refractivity contribution in [3.8, 4) is 5.75 Å². The Bertz CT molecular complexity index is 704. The van der Waals surface area contributed by atoms with Crippen LogP contribution in [0.4, 0.5) is 0 Å². The number of amides is 1. The van der Waals surface area contributed by atoms with Crippen LogP contribution in [0.25, 0.3) is 0 Å². The van der Waals surface area contributed by atoms with E-state index in [1.807, 2.05) is 24.3 Å². The van der Waals surface area contributed by atoms with E-state index in [0.717, 1.165) is 11.3 Å². The molecular formula is C14H11Cl2N3O2. The zero-order chi connectivity index (χ0) is 15.0. The van der Waals surface area contributed by atoms with Crippen molar-refractivity contribution in [3.63, 3.8) is 0 Å². The van der Waals surface area contributed by atoms with Crippen LogP contribution < -0.4 is 4.74 Å². The molecule has 0 spiro atoms. The Morgan fingerprint density at radius 2 is 1.95 bits per heavy atom. The van der Waals surface area contributed by atoms with Gasteiger partial charge in [0.2, 0.25) is 5.28 Å². The third kappa shape index (κ3) is 2.66. The first-order valence-corrected chi connectivity index (χ1v) is 6.98. The lowest BCUT2D eigenvalue weighted by Gasteiger charge is -2.15. The average molecular weight is 324 g/mol. The molecule has 0 aliphatic carbocycles. The number of rotatable bonds is 3. The van der Waals surface area contributed by atoms with E-state index in [4.69, 9.17) is 27.9 Å². The molecule has 0 bridgehead atoms. The molecule has 0 saturated heterocycles. The number of methoxy groups -OCH3 is 1. The van der Waals surface area contributed by atoms with Crippen LogP contribution in [0.2, 0.25) is 10.4 Å². The van der Waals surface area contributed by atoms with Gasteiger partial charge in [-0.05, 0) is 29.3 Å². The smallest absolute Gasteiger partial charge is 0.273 e. The molecule has 108 valence electrons. The van der Waals surface area contributed by atoms with Crippen LogP contribution in [-0.2, 0) is 13.1 Å². The second-order valence-corrected chi connectivity index (χ2v) is 5.32. The molecular weight excluding hydrogens is 313 g/mol. The van der Waals surface area contributed by atoms with Crippen LogP contribution in [0, 0.1) is 0 Å². The summed E-state index contributed by atoms with van der Waals surface area (Å²) in [5.74, 6) is 0.586. The summed E-state index contributed by atoms with van der Waals surface area (Å²) in [7, 11) is 1.61. The average Bonchev–Trinajstić information content (AvgIpc) is 2.78. The monoisotopic (exact) mass is 323 g/mol. The van der Waals surface area contributed by atoms with Gasteiger partial charge in [-0.2, -0.15) is 0 Å². The standard InChI is InChI=1S/C14H11Cl2N3O2/c1-21-9-4-2-8(3-5-9)6-19-7-10-11(13(19)20)17-14(16)18-12(10)15/h2-5H,6-7H2,1H3. The predicted molar refractivity (Wildman–Crippen MR) is 78.6 cm³/mol. The first kappa shape index (κ1) is 14.1. The molecule has 2 aromatic rings. The van der Waals surface area contributed by atoms with E-state index in [-0.39, 0.29) is 22.0 Å². The summed E-state index contributed by atoms with van der Waals surface area (Å²) in [5.41, 5.74) is 1.90. The van der Waals surface area contributed by atoms with Crippen LogP contribution in [-0.4, -0.2) is 27.9 Å². The summed E-state index contributed by atoms with van der Waals surface area (Å²) in [4.78, 5) is 21.8. The minimum absolute atomic E-state index is 0.0154. The number of ether oxygens (including phenoxy) is 1. The quantitative estimate of drug-likeness (QED) is 0.643. The van der Waals surface area contributed by atoms with Crippen LogP contribution in [0.3, 0.4) is 0 Å². The maximum Gasteiger partial charge on any atom is 0.273 e. The van der Waals surface area contributed by atoms with Gasteiger partial charge in [-0.25, -0.2) is 9.97 Å². The van der Waals surface area contributed by atoms with Gasteiger partial charge in [0.25, 0.3) is 5.91 Å². The molecule has 1 aromatic carbocycles. The lowest BCUT2D eigenvalue weighted by Crippen LogP contribution is -2.23. The lowest BCUT2D eigenvalue weighted by molar-refractivity contribution is 0.0762. The van der Waals surface area contributed by atoms with E-state index in [1.165, 1.54) is 0 Å². The molecule has 2 heterocycles. The minimum Gasteiger partial charge on any atom is -0.497 e. The van der Waals surface area contributed by atoms with Crippen molar-refractivity contribution in [2.24, 2.45) is 0 Å². The fourth-order valence-electron chi connectivity index (χ4n) is 2.24. The molecule has 0 radical (unpaired) electrons. The number of aromatic nitrogens is 2. The minimum atomic E-state index is -0.188. The number of fused-ring (bicyclic) bond motifs is 1. The number of carbonyl (C=O) groups excluding carboxylic acids is 1. The Morgan fingerprint density at radius 3 is 2.62 bits per heavy atom. The summed E-state index contributed by atoms with van der Waals surface area (Å²) in [6, 6.07) is 7.53. The molecule has 1 aromatic heterocycles. The highest BCUT2D eigenvalue weighted by molar-refractivity contribution is 6.33. The molecule has 0 atom stereocenters. The molecule has 0 fully saturated rings. The van der Waals surface area contributed by atoms with E-state index >= 15 is 0 Å². The normalized spacial score (nSPS) is 13.5. The van der Waals surface area contributed by atoms with Crippen molar-refractivity contribution in [3.05, 3.63) is 51.5 Å². The summed E-state index contributed by atoms with van der Waals surface area (Å²) in [6.07, 6.45) is 0. The van der Waals surface area contributed by atoms with Gasteiger partial charge in [-0.3, -0.25) is 4.79 Å². The summed E-state index contributed by atoms with van der Waals surface area (Å²) in [5, 5.41) is 0.217. The summed E-state index contributed by atoms with van der Waals surface area (Å²) in [6.45, 7) is 0.851. The zero-order valence-corrected chi connectivity index (χ0v) is 12.6. The van der Waals surface area contributed by atoms with Crippen molar-refractivity contribution in [2.45, 2.75) is 13.1 Å². The Labute approximate surface area is 131 Å². The molecule has 21 heavy (non-hydrogen) atoms. The molecule has 0 unspecified atom stereocenters. The Kier molecular flexibility index (Phi) is 3.69. The summed E-state index contributed by atoms with van der Waals surface area (Å²) < 4.78 is 5.11. The third-order valence-electron chi connectivity index (χ3n) is 3.30. The van der Waals surface area contributed by atoms with Crippen LogP contribution in [0.5, 0.6) is 5.75 Å². The molecule has 1 amide bonds. The highest BCUT2D eigenvalue weighted by Crippen LogP contribution is 2.29. The van der Waals surface area contributed by atoms with Crippen molar-refractivity contribution in [2.75, 3.05) is 7.11 Å². The maximum atomic E-state index is 12.3. The number of hydrogen-bond acceptors (Lipinski definition) is 4. The molecule has 5 nitrogen and oxygen atoms in total. The van der Waals surface area contributed by atoms with Gasteiger partial charge in [0, 0.05) is 12.1 Å². The highest BCUT2D eigenvalue weighted by atomic mass is 35.5. The topological polar surface area (TPSA) is 55.3 Å². The molecule has 0 N–H and O–H groups in total. The van der Waals surface area contributed by atoms with E-state index in [0.29, 0.717) is 18.7 Å². The lowest BCUT2D eigenvalue weighted by atomic mass is 10.2. The molecule has 3 rings (SSSR count). The van der Waals surface area contributed by atoms with Gasteiger partial charge >= 0.3 is 0 Å². The van der Waals surface area contributed by atoms with Crippen LogP contribution >= 0.6 is 23.2 Å². The van der Waals surface area contributed by atoms with Crippen molar-refractivity contribution in [1.29, 1.82) is 0 Å². The van der Waals surface area contributed by atoms with Gasteiger partial charge in [0.1, 0.15) is 16.6 Å². The molecule has 0 saturated carbocycles. The highest BCUT2D eigenvalue weighted by Gasteiger charge is 2.32. The van der Waals surface area contributed by atoms with Crippen molar-refractivity contribution < 1.29 is 9.53 Å². The number of halogens is 2. The number of hydrogen-bond donors (Lipinski definition) is 0. The van der Waals surface area contributed by atoms with E-state index < -0.39 is 0 Å². The number of carbonyl (C=O) groups is 1. The maximum absolute atomic E-state index is 12.3. The Hall–Kier alpha value is -1.85. The second kappa shape index (κ2) is 5.50. The van der Waals surface area contributed by atoms with Gasteiger partial charge in [0.05, 0.1) is 13.7 Å². The Morgan fingerprint density at radius 1 is 1.24 bits per heavy atom. The SMILES string of the molecule is COc1ccc(CN2Cc3c(Cl)nc(Cl)nc3C2=O)cc1. The summed E-state index contributed by atoms with van der Waals surface area (Å²) >= 11 is 11.8. The van der Waals surface area contributed by atoms with E-state index in [9.17, 15) is 4.79 Å². The first-order valence-electron chi connectivity index (χ1n) is 6.22. The first-order chi connectivity index (χ1) is 10.1. The number of nitrogens with zero attached hydrogens (tertiary/aromatic N) is 3. The molecule has 1 aliphatic rings. The number of benzene rings is 1. The van der Waals surface area contributed by atoms with E-state index in [1.54, 1.807) is 12.0 Å². The van der Waals surface area contributed by atoms with Gasteiger partial charge in [-0.15, -0.1) is 0 Å². The van der Waals surface area contributed by atoms with Gasteiger partial charge in [0.15, 0.2) is 0 Å². The van der Waals surface area contributed by atoms with Crippen LogP contribution in [0.15, 0.2) is 24.3 Å².